The highest BCUT2D eigenvalue weighted by atomic mass is 14.9. The number of hydrogen-bond acceptors (Lipinski definition) is 1. The van der Waals surface area contributed by atoms with E-state index >= 15 is 0 Å². The summed E-state index contributed by atoms with van der Waals surface area (Å²) >= 11 is 0. The molecule has 0 radical (unpaired) electrons. The van der Waals surface area contributed by atoms with Crippen LogP contribution in [0.25, 0.3) is 0 Å². The number of rotatable bonds is 4. The van der Waals surface area contributed by atoms with Crippen molar-refractivity contribution in [2.24, 2.45) is 5.41 Å². The van der Waals surface area contributed by atoms with E-state index in [1.165, 1.54) is 0 Å². The van der Waals surface area contributed by atoms with Gasteiger partial charge < -0.3 is 5.32 Å². The quantitative estimate of drug-likeness (QED) is 0.675. The molecule has 0 aliphatic heterocycles. The minimum absolute atomic E-state index is 0.112. The van der Waals surface area contributed by atoms with Crippen molar-refractivity contribution in [2.75, 3.05) is 0 Å². The Labute approximate surface area is 118 Å². The van der Waals surface area contributed by atoms with E-state index < -0.39 is 0 Å². The van der Waals surface area contributed by atoms with Crippen LogP contribution < -0.4 is 5.32 Å². The van der Waals surface area contributed by atoms with Gasteiger partial charge in [-0.25, -0.2) is 0 Å². The molecule has 0 atom stereocenters. The summed E-state index contributed by atoms with van der Waals surface area (Å²) in [7, 11) is 0. The Hall–Kier alpha value is -1.76. The van der Waals surface area contributed by atoms with Crippen LogP contribution in [0.2, 0.25) is 0 Å². The zero-order valence-electron chi connectivity index (χ0n) is 12.9. The van der Waals surface area contributed by atoms with E-state index in [9.17, 15) is 0 Å². The van der Waals surface area contributed by atoms with Crippen LogP contribution in [-0.4, -0.2) is 0 Å². The second-order valence-corrected chi connectivity index (χ2v) is 4.61. The molecule has 1 rings (SSSR count). The Morgan fingerprint density at radius 1 is 1.26 bits per heavy atom. The molecule has 0 amide bonds. The maximum Gasteiger partial charge on any atom is 0.0381 e. The summed E-state index contributed by atoms with van der Waals surface area (Å²) in [6.45, 7) is 14.2. The number of hydrogen-bond donors (Lipinski definition) is 1. The molecule has 0 aromatic carbocycles. The minimum atomic E-state index is 0.112. The van der Waals surface area contributed by atoms with Gasteiger partial charge in [-0.1, -0.05) is 64.7 Å². The van der Waals surface area contributed by atoms with Crippen LogP contribution >= 0.6 is 0 Å². The van der Waals surface area contributed by atoms with Gasteiger partial charge in [0.1, 0.15) is 0 Å². The second kappa shape index (κ2) is 9.21. The van der Waals surface area contributed by atoms with Gasteiger partial charge in [-0.2, -0.15) is 0 Å². The third-order valence-electron chi connectivity index (χ3n) is 2.47. The maximum atomic E-state index is 3.80. The van der Waals surface area contributed by atoms with Crippen molar-refractivity contribution >= 4 is 0 Å². The van der Waals surface area contributed by atoms with E-state index in [1.54, 1.807) is 0 Å². The lowest BCUT2D eigenvalue weighted by atomic mass is 9.93. The molecule has 1 nitrogen and oxygen atoms in total. The molecule has 0 aromatic rings. The molecule has 0 saturated heterocycles. The molecule has 1 aliphatic rings. The molecule has 1 heteroatoms. The lowest BCUT2D eigenvalue weighted by Gasteiger charge is -2.12. The van der Waals surface area contributed by atoms with Gasteiger partial charge in [0.2, 0.25) is 0 Å². The predicted octanol–water partition coefficient (Wildman–Crippen LogP) is 5.28. The zero-order valence-corrected chi connectivity index (χ0v) is 12.9. The first kappa shape index (κ1) is 17.2. The van der Waals surface area contributed by atoms with Gasteiger partial charge in [0, 0.05) is 16.8 Å². The van der Waals surface area contributed by atoms with Crippen molar-refractivity contribution in [3.8, 4) is 0 Å². The van der Waals surface area contributed by atoms with Crippen molar-refractivity contribution in [1.82, 2.24) is 5.32 Å². The van der Waals surface area contributed by atoms with Crippen molar-refractivity contribution in [1.29, 1.82) is 0 Å². The summed E-state index contributed by atoms with van der Waals surface area (Å²) in [6.07, 6.45) is 18.4. The third-order valence-corrected chi connectivity index (χ3v) is 2.47. The van der Waals surface area contributed by atoms with E-state index in [-0.39, 0.29) is 5.41 Å². The summed E-state index contributed by atoms with van der Waals surface area (Å²) in [5, 5.41) is 3.33. The SMILES string of the molecule is C=C/C(=C\C=C/C)NC1=CC=CC(C)(C)C=C1.CC. The second-order valence-electron chi connectivity index (χ2n) is 4.61. The Kier molecular flexibility index (Phi) is 8.35. The first-order valence-electron chi connectivity index (χ1n) is 6.88. The van der Waals surface area contributed by atoms with E-state index in [1.807, 2.05) is 45.1 Å². The highest BCUT2D eigenvalue weighted by Gasteiger charge is 2.10. The van der Waals surface area contributed by atoms with Crippen molar-refractivity contribution < 1.29 is 0 Å². The van der Waals surface area contributed by atoms with Crippen molar-refractivity contribution in [3.05, 3.63) is 72.7 Å². The minimum Gasteiger partial charge on any atom is -0.356 e. The molecule has 19 heavy (non-hydrogen) atoms. The Morgan fingerprint density at radius 2 is 1.95 bits per heavy atom. The standard InChI is InChI=1S/C16H21N.C2H6/c1-5-7-9-14(6-2)17-15-10-8-12-16(3,4)13-11-15;1-2/h5-13,17H,2H2,1,3-4H3;1-2H3/b7-5-,14-9+;. The topological polar surface area (TPSA) is 12.0 Å². The summed E-state index contributed by atoms with van der Waals surface area (Å²) in [5.41, 5.74) is 2.18. The van der Waals surface area contributed by atoms with Gasteiger partial charge >= 0.3 is 0 Å². The van der Waals surface area contributed by atoms with Crippen LogP contribution in [0.1, 0.15) is 34.6 Å². The fourth-order valence-electron chi connectivity index (χ4n) is 1.43. The smallest absolute Gasteiger partial charge is 0.0381 e. The van der Waals surface area contributed by atoms with Crippen LogP contribution in [0.15, 0.2) is 72.7 Å². The number of nitrogens with one attached hydrogen (secondary N) is 1. The molecule has 104 valence electrons. The summed E-state index contributed by atoms with van der Waals surface area (Å²) in [6, 6.07) is 0. The largest absolute Gasteiger partial charge is 0.356 e. The molecular weight excluding hydrogens is 230 g/mol. The molecule has 0 spiro atoms. The molecule has 1 aliphatic carbocycles. The van der Waals surface area contributed by atoms with Crippen LogP contribution in [0.5, 0.6) is 0 Å². The fourth-order valence-corrected chi connectivity index (χ4v) is 1.43. The van der Waals surface area contributed by atoms with E-state index in [4.69, 9.17) is 0 Å². The Morgan fingerprint density at radius 3 is 2.53 bits per heavy atom. The van der Waals surface area contributed by atoms with Crippen LogP contribution in [-0.2, 0) is 0 Å². The van der Waals surface area contributed by atoms with Gasteiger partial charge in [0.15, 0.2) is 0 Å². The van der Waals surface area contributed by atoms with E-state index in [0.717, 1.165) is 11.4 Å². The zero-order chi connectivity index (χ0) is 14.7. The van der Waals surface area contributed by atoms with Crippen molar-refractivity contribution in [3.63, 3.8) is 0 Å². The van der Waals surface area contributed by atoms with Gasteiger partial charge in [0.05, 0.1) is 0 Å². The van der Waals surface area contributed by atoms with Crippen molar-refractivity contribution in [2.45, 2.75) is 34.6 Å². The highest BCUT2D eigenvalue weighted by Crippen LogP contribution is 2.22. The summed E-state index contributed by atoms with van der Waals surface area (Å²) in [5.74, 6) is 0. The monoisotopic (exact) mass is 257 g/mol. The molecule has 0 unspecified atom stereocenters. The fraction of sp³-hybridized carbons (Fsp3) is 0.333. The number of allylic oxidation sites excluding steroid dienone is 9. The molecule has 0 aromatic heterocycles. The maximum absolute atomic E-state index is 3.80. The molecule has 0 saturated carbocycles. The van der Waals surface area contributed by atoms with E-state index in [0.29, 0.717) is 0 Å². The lowest BCUT2D eigenvalue weighted by molar-refractivity contribution is 0.626. The normalized spacial score (nSPS) is 17.3. The van der Waals surface area contributed by atoms with Crippen LogP contribution in [0, 0.1) is 5.41 Å². The Balaban J connectivity index is 0.00000154. The lowest BCUT2D eigenvalue weighted by Crippen LogP contribution is -2.09. The summed E-state index contributed by atoms with van der Waals surface area (Å²) in [4.78, 5) is 0. The molecular formula is C18H27N. The van der Waals surface area contributed by atoms with Gasteiger partial charge in [-0.15, -0.1) is 0 Å². The van der Waals surface area contributed by atoms with Gasteiger partial charge in [0.25, 0.3) is 0 Å². The van der Waals surface area contributed by atoms with Gasteiger partial charge in [-0.05, 0) is 31.2 Å². The van der Waals surface area contributed by atoms with E-state index in [2.05, 4.69) is 56.1 Å². The third kappa shape index (κ3) is 7.30. The summed E-state index contributed by atoms with van der Waals surface area (Å²) < 4.78 is 0. The highest BCUT2D eigenvalue weighted by molar-refractivity contribution is 5.34. The van der Waals surface area contributed by atoms with Crippen LogP contribution in [0.3, 0.4) is 0 Å². The average Bonchev–Trinajstić information content (AvgIpc) is 2.58. The Bertz CT molecular complexity index is 415. The molecule has 0 fully saturated rings. The molecule has 0 heterocycles. The first-order valence-corrected chi connectivity index (χ1v) is 6.88. The average molecular weight is 257 g/mol. The predicted molar refractivity (Wildman–Crippen MR) is 87.7 cm³/mol. The first-order chi connectivity index (χ1) is 9.07. The van der Waals surface area contributed by atoms with Gasteiger partial charge in [-0.3, -0.25) is 0 Å². The molecule has 0 bridgehead atoms. The molecule has 1 N–H and O–H groups in total. The van der Waals surface area contributed by atoms with Crippen LogP contribution in [0.4, 0.5) is 0 Å².